The molecule has 0 spiro atoms. The minimum atomic E-state index is -0.803. The number of aliphatic carboxylic acids is 2. The second-order valence-electron chi connectivity index (χ2n) is 7.31. The molecule has 0 aliphatic heterocycles. The largest absolute Gasteiger partial charge is 0.481 e. The van der Waals surface area contributed by atoms with Crippen LogP contribution in [0, 0.1) is 17.8 Å². The maximum atomic E-state index is 11.9. The van der Waals surface area contributed by atoms with Crippen LogP contribution in [0.1, 0.15) is 78.1 Å². The number of carboxylic acid groups (broad SMARTS) is 2. The van der Waals surface area contributed by atoms with E-state index in [1.807, 2.05) is 13.8 Å². The Kier molecular flexibility index (Phi) is 9.53. The molecular weight excluding hydrogens is 324 g/mol. The number of ether oxygens (including phenoxy) is 1. The Morgan fingerprint density at radius 3 is 2.16 bits per heavy atom. The van der Waals surface area contributed by atoms with Crippen molar-refractivity contribution < 1.29 is 29.3 Å². The predicted molar refractivity (Wildman–Crippen MR) is 93.1 cm³/mol. The van der Waals surface area contributed by atoms with Crippen molar-refractivity contribution >= 4 is 17.9 Å². The fourth-order valence-electron chi connectivity index (χ4n) is 3.73. The van der Waals surface area contributed by atoms with Crippen LogP contribution in [0.25, 0.3) is 0 Å². The Morgan fingerprint density at radius 2 is 1.56 bits per heavy atom. The van der Waals surface area contributed by atoms with Gasteiger partial charge >= 0.3 is 17.9 Å². The lowest BCUT2D eigenvalue weighted by atomic mass is 9.69. The Hall–Kier alpha value is -1.59. The van der Waals surface area contributed by atoms with E-state index in [-0.39, 0.29) is 30.8 Å². The highest BCUT2D eigenvalue weighted by molar-refractivity contribution is 5.69. The summed E-state index contributed by atoms with van der Waals surface area (Å²) in [5.41, 5.74) is 0. The van der Waals surface area contributed by atoms with E-state index in [1.54, 1.807) is 0 Å². The first-order valence-electron chi connectivity index (χ1n) is 9.44. The number of carbonyl (C=O) groups is 3. The number of esters is 1. The second-order valence-corrected chi connectivity index (χ2v) is 7.31. The summed E-state index contributed by atoms with van der Waals surface area (Å²) in [5.74, 6) is -0.845. The average Bonchev–Trinajstić information content (AvgIpc) is 2.56. The lowest BCUT2D eigenvalue weighted by Gasteiger charge is -2.36. The van der Waals surface area contributed by atoms with E-state index in [9.17, 15) is 14.4 Å². The number of hydrogen-bond donors (Lipinski definition) is 2. The Labute approximate surface area is 149 Å². The average molecular weight is 356 g/mol. The van der Waals surface area contributed by atoms with Gasteiger partial charge in [0.15, 0.2) is 0 Å². The van der Waals surface area contributed by atoms with Gasteiger partial charge in [0, 0.05) is 19.3 Å². The fraction of sp³-hybridized carbons (Fsp3) is 0.842. The molecule has 1 aliphatic carbocycles. The minimum absolute atomic E-state index is 0.0675. The summed E-state index contributed by atoms with van der Waals surface area (Å²) in [6.45, 7) is 3.85. The lowest BCUT2D eigenvalue weighted by molar-refractivity contribution is -0.149. The Morgan fingerprint density at radius 1 is 0.960 bits per heavy atom. The standard InChI is InChI=1S/C19H32O6/c1-3-13(2)25-19(24)11-8-15-6-4-14(5-9-17(20)21)12-16(15)7-10-18(22)23/h13-16H,3-12H2,1-2H3,(H,20,21)(H,22,23). The van der Waals surface area contributed by atoms with Crippen molar-refractivity contribution in [3.05, 3.63) is 0 Å². The molecule has 4 unspecified atom stereocenters. The lowest BCUT2D eigenvalue weighted by Crippen LogP contribution is -2.27. The molecule has 0 aromatic carbocycles. The van der Waals surface area contributed by atoms with Crippen LogP contribution in [-0.2, 0) is 19.1 Å². The van der Waals surface area contributed by atoms with Gasteiger partial charge in [-0.15, -0.1) is 0 Å². The highest BCUT2D eigenvalue weighted by Gasteiger charge is 2.31. The molecule has 0 radical (unpaired) electrons. The van der Waals surface area contributed by atoms with Crippen LogP contribution < -0.4 is 0 Å². The number of carboxylic acids is 2. The van der Waals surface area contributed by atoms with Crippen molar-refractivity contribution in [3.8, 4) is 0 Å². The molecule has 0 aromatic heterocycles. The van der Waals surface area contributed by atoms with Crippen LogP contribution in [0.15, 0.2) is 0 Å². The molecule has 1 saturated carbocycles. The van der Waals surface area contributed by atoms with Crippen molar-refractivity contribution in [2.75, 3.05) is 0 Å². The summed E-state index contributed by atoms with van der Waals surface area (Å²) in [6, 6.07) is 0. The van der Waals surface area contributed by atoms with Gasteiger partial charge in [-0.05, 0) is 63.2 Å². The zero-order chi connectivity index (χ0) is 18.8. The molecule has 144 valence electrons. The van der Waals surface area contributed by atoms with Crippen LogP contribution in [0.3, 0.4) is 0 Å². The minimum Gasteiger partial charge on any atom is -0.481 e. The number of rotatable bonds is 11. The monoisotopic (exact) mass is 356 g/mol. The smallest absolute Gasteiger partial charge is 0.306 e. The topological polar surface area (TPSA) is 101 Å². The molecule has 1 rings (SSSR count). The molecule has 4 atom stereocenters. The third-order valence-corrected chi connectivity index (χ3v) is 5.37. The van der Waals surface area contributed by atoms with Crippen LogP contribution in [0.4, 0.5) is 0 Å². The van der Waals surface area contributed by atoms with Crippen LogP contribution in [0.5, 0.6) is 0 Å². The van der Waals surface area contributed by atoms with Crippen molar-refractivity contribution in [1.82, 2.24) is 0 Å². The SMILES string of the molecule is CCC(C)OC(=O)CCC1CCC(CCC(=O)O)CC1CCC(=O)O. The number of hydrogen-bond acceptors (Lipinski definition) is 4. The highest BCUT2D eigenvalue weighted by Crippen LogP contribution is 2.40. The Balaban J connectivity index is 2.52. The third-order valence-electron chi connectivity index (χ3n) is 5.37. The quantitative estimate of drug-likeness (QED) is 0.545. The van der Waals surface area contributed by atoms with Gasteiger partial charge in [-0.3, -0.25) is 14.4 Å². The van der Waals surface area contributed by atoms with E-state index in [4.69, 9.17) is 14.9 Å². The van der Waals surface area contributed by atoms with Crippen molar-refractivity contribution in [2.45, 2.75) is 84.2 Å². The van der Waals surface area contributed by atoms with Crippen molar-refractivity contribution in [1.29, 1.82) is 0 Å². The first kappa shape index (κ1) is 21.5. The van der Waals surface area contributed by atoms with Crippen LogP contribution >= 0.6 is 0 Å². The zero-order valence-electron chi connectivity index (χ0n) is 15.4. The first-order valence-corrected chi connectivity index (χ1v) is 9.44. The van der Waals surface area contributed by atoms with Crippen LogP contribution in [-0.4, -0.2) is 34.2 Å². The van der Waals surface area contributed by atoms with Gasteiger partial charge in [0.25, 0.3) is 0 Å². The fourth-order valence-corrected chi connectivity index (χ4v) is 3.73. The van der Waals surface area contributed by atoms with Gasteiger partial charge in [0.1, 0.15) is 0 Å². The molecular formula is C19H32O6. The van der Waals surface area contributed by atoms with Gasteiger partial charge in [-0.1, -0.05) is 13.3 Å². The molecule has 0 aromatic rings. The maximum absolute atomic E-state index is 11.9. The van der Waals surface area contributed by atoms with Crippen LogP contribution in [0.2, 0.25) is 0 Å². The molecule has 6 heteroatoms. The van der Waals surface area contributed by atoms with E-state index in [1.165, 1.54) is 0 Å². The maximum Gasteiger partial charge on any atom is 0.306 e. The van der Waals surface area contributed by atoms with E-state index < -0.39 is 11.9 Å². The summed E-state index contributed by atoms with van der Waals surface area (Å²) < 4.78 is 5.31. The Bertz CT molecular complexity index is 447. The van der Waals surface area contributed by atoms with Crippen molar-refractivity contribution in [3.63, 3.8) is 0 Å². The zero-order valence-corrected chi connectivity index (χ0v) is 15.4. The molecule has 25 heavy (non-hydrogen) atoms. The molecule has 6 nitrogen and oxygen atoms in total. The second kappa shape index (κ2) is 11.1. The van der Waals surface area contributed by atoms with Gasteiger partial charge in [-0.2, -0.15) is 0 Å². The summed E-state index contributed by atoms with van der Waals surface area (Å²) in [6.07, 6.45) is 6.14. The van der Waals surface area contributed by atoms with E-state index >= 15 is 0 Å². The van der Waals surface area contributed by atoms with Gasteiger partial charge < -0.3 is 14.9 Å². The number of carbonyl (C=O) groups excluding carboxylic acids is 1. The van der Waals surface area contributed by atoms with Gasteiger partial charge in [0.2, 0.25) is 0 Å². The molecule has 0 bridgehead atoms. The third kappa shape index (κ3) is 8.89. The summed E-state index contributed by atoms with van der Waals surface area (Å²) in [5, 5.41) is 17.8. The first-order chi connectivity index (χ1) is 11.8. The molecule has 1 aliphatic rings. The van der Waals surface area contributed by atoms with E-state index in [0.29, 0.717) is 31.1 Å². The molecule has 0 amide bonds. The van der Waals surface area contributed by atoms with E-state index in [0.717, 1.165) is 32.1 Å². The highest BCUT2D eigenvalue weighted by atomic mass is 16.5. The van der Waals surface area contributed by atoms with Gasteiger partial charge in [0.05, 0.1) is 6.10 Å². The summed E-state index contributed by atoms with van der Waals surface area (Å²) >= 11 is 0. The summed E-state index contributed by atoms with van der Waals surface area (Å²) in [7, 11) is 0. The normalized spacial score (nSPS) is 24.5. The molecule has 0 heterocycles. The van der Waals surface area contributed by atoms with E-state index in [2.05, 4.69) is 0 Å². The molecule has 1 fully saturated rings. The predicted octanol–water partition coefficient (Wildman–Crippen LogP) is 3.87. The van der Waals surface area contributed by atoms with Crippen molar-refractivity contribution in [2.24, 2.45) is 17.8 Å². The van der Waals surface area contributed by atoms with Gasteiger partial charge in [-0.25, -0.2) is 0 Å². The molecule has 0 saturated heterocycles. The summed E-state index contributed by atoms with van der Waals surface area (Å²) in [4.78, 5) is 33.6. The molecule has 2 N–H and O–H groups in total.